The molecule has 2 aromatic rings. The summed E-state index contributed by atoms with van der Waals surface area (Å²) < 4.78 is 7.33. The van der Waals surface area contributed by atoms with E-state index in [9.17, 15) is 10.1 Å². The number of ether oxygens (including phenoxy) is 1. The van der Waals surface area contributed by atoms with Gasteiger partial charge >= 0.3 is 5.97 Å². The number of nitriles is 1. The van der Waals surface area contributed by atoms with Gasteiger partial charge in [0, 0.05) is 12.2 Å². The Labute approximate surface area is 153 Å². The van der Waals surface area contributed by atoms with Crippen molar-refractivity contribution in [1.82, 2.24) is 9.47 Å². The number of carbonyl (C=O) groups is 1. The smallest absolute Gasteiger partial charge is 0.339 e. The van der Waals surface area contributed by atoms with Crippen LogP contribution < -0.4 is 0 Å². The van der Waals surface area contributed by atoms with Gasteiger partial charge in [-0.25, -0.2) is 4.79 Å². The third kappa shape index (κ3) is 4.53. The lowest BCUT2D eigenvalue weighted by atomic mass is 10.1. The molecule has 0 aliphatic rings. The summed E-state index contributed by atoms with van der Waals surface area (Å²) in [5, 5.41) is 9.34. The van der Waals surface area contributed by atoms with E-state index in [1.54, 1.807) is 6.92 Å². The molecule has 5 nitrogen and oxygen atoms in total. The van der Waals surface area contributed by atoms with Gasteiger partial charge in [-0.3, -0.25) is 4.90 Å². The number of esters is 1. The number of carbonyl (C=O) groups excluding carboxylic acids is 1. The van der Waals surface area contributed by atoms with E-state index in [-0.39, 0.29) is 6.61 Å². The van der Waals surface area contributed by atoms with Crippen LogP contribution in [0.5, 0.6) is 0 Å². The van der Waals surface area contributed by atoms with Crippen molar-refractivity contribution >= 4 is 18.2 Å². The molecule has 0 amide bonds. The van der Waals surface area contributed by atoms with Gasteiger partial charge in [0.05, 0.1) is 24.4 Å². The minimum absolute atomic E-state index is 0.281. The lowest BCUT2D eigenvalue weighted by Crippen LogP contribution is -2.25. The number of pyridine rings is 1. The zero-order valence-electron chi connectivity index (χ0n) is 14.7. The SMILES string of the molecule is CCOC(=O)c1cc(C#N)c(=S)n(CN(C)Cc2ccccc2)c1C. The molecule has 0 N–H and O–H groups in total. The highest BCUT2D eigenvalue weighted by Crippen LogP contribution is 2.16. The Balaban J connectivity index is 2.36. The summed E-state index contributed by atoms with van der Waals surface area (Å²) in [5.74, 6) is -0.439. The van der Waals surface area contributed by atoms with Gasteiger partial charge in [0.15, 0.2) is 0 Å². The topological polar surface area (TPSA) is 58.3 Å². The van der Waals surface area contributed by atoms with E-state index >= 15 is 0 Å². The van der Waals surface area contributed by atoms with Crippen LogP contribution >= 0.6 is 12.2 Å². The first kappa shape index (κ1) is 18.8. The van der Waals surface area contributed by atoms with E-state index in [1.165, 1.54) is 11.6 Å². The first-order chi connectivity index (χ1) is 12.0. The number of hydrogen-bond acceptors (Lipinski definition) is 5. The third-order valence-corrected chi connectivity index (χ3v) is 4.29. The zero-order valence-corrected chi connectivity index (χ0v) is 15.5. The van der Waals surface area contributed by atoms with E-state index in [4.69, 9.17) is 17.0 Å². The summed E-state index contributed by atoms with van der Waals surface area (Å²) >= 11 is 5.43. The molecule has 130 valence electrons. The van der Waals surface area contributed by atoms with Crippen LogP contribution in [0, 0.1) is 22.9 Å². The number of rotatable bonds is 6. The number of benzene rings is 1. The van der Waals surface area contributed by atoms with Crippen LogP contribution in [0.15, 0.2) is 36.4 Å². The van der Waals surface area contributed by atoms with Crippen LogP contribution in [-0.2, 0) is 18.0 Å². The molecule has 6 heteroatoms. The van der Waals surface area contributed by atoms with Crippen LogP contribution in [0.4, 0.5) is 0 Å². The Hall–Kier alpha value is -2.49. The molecule has 25 heavy (non-hydrogen) atoms. The Bertz CT molecular complexity index is 853. The lowest BCUT2D eigenvalue weighted by molar-refractivity contribution is 0.0523. The lowest BCUT2D eigenvalue weighted by Gasteiger charge is -2.22. The van der Waals surface area contributed by atoms with Crippen molar-refractivity contribution in [3.8, 4) is 6.07 Å². The third-order valence-electron chi connectivity index (χ3n) is 3.85. The maximum Gasteiger partial charge on any atom is 0.339 e. The molecule has 0 saturated carbocycles. The van der Waals surface area contributed by atoms with Crippen molar-refractivity contribution in [2.45, 2.75) is 27.1 Å². The molecule has 1 aromatic carbocycles. The number of aromatic nitrogens is 1. The summed E-state index contributed by atoms with van der Waals surface area (Å²) in [5.41, 5.74) is 2.55. The van der Waals surface area contributed by atoms with Crippen molar-refractivity contribution in [3.63, 3.8) is 0 Å². The zero-order chi connectivity index (χ0) is 18.4. The quantitative estimate of drug-likeness (QED) is 0.584. The van der Waals surface area contributed by atoms with Crippen molar-refractivity contribution in [2.24, 2.45) is 0 Å². The second kappa shape index (κ2) is 8.56. The second-order valence-corrected chi connectivity index (χ2v) is 6.15. The summed E-state index contributed by atoms with van der Waals surface area (Å²) in [6.45, 7) is 5.06. The average molecular weight is 355 g/mol. The van der Waals surface area contributed by atoms with Gasteiger partial charge in [-0.05, 0) is 32.5 Å². The van der Waals surface area contributed by atoms with E-state index in [1.807, 2.05) is 36.7 Å². The first-order valence-electron chi connectivity index (χ1n) is 8.02. The molecule has 0 saturated heterocycles. The van der Waals surface area contributed by atoms with Gasteiger partial charge < -0.3 is 9.30 Å². The number of hydrogen-bond donors (Lipinski definition) is 0. The van der Waals surface area contributed by atoms with Gasteiger partial charge in [-0.1, -0.05) is 42.5 Å². The van der Waals surface area contributed by atoms with Crippen LogP contribution in [0.3, 0.4) is 0 Å². The fraction of sp³-hybridized carbons (Fsp3) is 0.316. The predicted octanol–water partition coefficient (Wildman–Crippen LogP) is 3.66. The van der Waals surface area contributed by atoms with Crippen molar-refractivity contribution in [1.29, 1.82) is 5.26 Å². The molecule has 0 aliphatic carbocycles. The molecule has 1 heterocycles. The largest absolute Gasteiger partial charge is 0.462 e. The number of nitrogens with zero attached hydrogens (tertiary/aromatic N) is 3. The molecule has 0 bridgehead atoms. The summed E-state index contributed by atoms with van der Waals surface area (Å²) in [6, 6.07) is 13.7. The van der Waals surface area contributed by atoms with Crippen LogP contribution in [-0.4, -0.2) is 29.1 Å². The molecule has 0 fully saturated rings. The molecule has 0 aliphatic heterocycles. The minimum atomic E-state index is -0.439. The first-order valence-corrected chi connectivity index (χ1v) is 8.42. The summed E-state index contributed by atoms with van der Waals surface area (Å²) in [7, 11) is 1.97. The highest BCUT2D eigenvalue weighted by atomic mass is 32.1. The highest BCUT2D eigenvalue weighted by molar-refractivity contribution is 7.71. The molecule has 2 rings (SSSR count). The van der Waals surface area contributed by atoms with Gasteiger partial charge in [0.1, 0.15) is 10.7 Å². The van der Waals surface area contributed by atoms with Crippen LogP contribution in [0.25, 0.3) is 0 Å². The maximum atomic E-state index is 12.2. The van der Waals surface area contributed by atoms with Crippen molar-refractivity contribution in [3.05, 3.63) is 63.4 Å². The van der Waals surface area contributed by atoms with Crippen molar-refractivity contribution in [2.75, 3.05) is 13.7 Å². The minimum Gasteiger partial charge on any atom is -0.462 e. The molecule has 0 atom stereocenters. The van der Waals surface area contributed by atoms with E-state index in [0.29, 0.717) is 28.1 Å². The highest BCUT2D eigenvalue weighted by Gasteiger charge is 2.17. The van der Waals surface area contributed by atoms with Crippen LogP contribution in [0.2, 0.25) is 0 Å². The molecule has 0 unspecified atom stereocenters. The summed E-state index contributed by atoms with van der Waals surface area (Å²) in [4.78, 5) is 14.3. The molecule has 1 aromatic heterocycles. The molecule has 0 spiro atoms. The second-order valence-electron chi connectivity index (χ2n) is 5.76. The predicted molar refractivity (Wildman–Crippen MR) is 98.6 cm³/mol. The van der Waals surface area contributed by atoms with Gasteiger partial charge in [-0.2, -0.15) is 5.26 Å². The van der Waals surface area contributed by atoms with Gasteiger partial charge in [-0.15, -0.1) is 0 Å². The van der Waals surface area contributed by atoms with Crippen molar-refractivity contribution < 1.29 is 9.53 Å². The molecule has 0 radical (unpaired) electrons. The van der Waals surface area contributed by atoms with E-state index in [2.05, 4.69) is 23.1 Å². The van der Waals surface area contributed by atoms with Crippen LogP contribution in [0.1, 0.15) is 34.1 Å². The standard InChI is InChI=1S/C19H21N3O2S/c1-4-24-19(23)17-10-16(11-20)18(25)22(14(17)2)13-21(3)12-15-8-6-5-7-9-15/h5-10H,4,12-13H2,1-3H3. The van der Waals surface area contributed by atoms with Gasteiger partial charge in [0.25, 0.3) is 0 Å². The van der Waals surface area contributed by atoms with Gasteiger partial charge in [0.2, 0.25) is 0 Å². The Morgan fingerprint density at radius 3 is 2.64 bits per heavy atom. The Morgan fingerprint density at radius 1 is 1.36 bits per heavy atom. The molecular weight excluding hydrogens is 334 g/mol. The Morgan fingerprint density at radius 2 is 2.04 bits per heavy atom. The fourth-order valence-electron chi connectivity index (χ4n) is 2.61. The van der Waals surface area contributed by atoms with E-state index < -0.39 is 5.97 Å². The Kier molecular flexibility index (Phi) is 6.45. The maximum absolute atomic E-state index is 12.2. The van der Waals surface area contributed by atoms with E-state index in [0.717, 1.165) is 6.54 Å². The fourth-order valence-corrected chi connectivity index (χ4v) is 2.91. The normalized spacial score (nSPS) is 10.5. The monoisotopic (exact) mass is 355 g/mol. The molecular formula is C19H21N3O2S. The average Bonchev–Trinajstić information content (AvgIpc) is 2.60. The summed E-state index contributed by atoms with van der Waals surface area (Å²) in [6.07, 6.45) is 0.